The highest BCUT2D eigenvalue weighted by molar-refractivity contribution is 7.91. The first-order valence-electron chi connectivity index (χ1n) is 13.9. The molecule has 3 heterocycles. The summed E-state index contributed by atoms with van der Waals surface area (Å²) in [6.45, 7) is 0.552. The van der Waals surface area contributed by atoms with Crippen LogP contribution in [0.25, 0.3) is 0 Å². The van der Waals surface area contributed by atoms with Gasteiger partial charge < -0.3 is 21.1 Å². The maximum atomic E-state index is 13.1. The third-order valence-electron chi connectivity index (χ3n) is 6.78. The number of alkyl halides is 3. The second-order valence-electron chi connectivity index (χ2n) is 9.95. The van der Waals surface area contributed by atoms with Gasteiger partial charge in [-0.15, -0.1) is 11.3 Å². The molecule has 46 heavy (non-hydrogen) atoms. The molecular formula is C30H31F3N6O5S2. The molecule has 0 saturated carbocycles. The van der Waals surface area contributed by atoms with E-state index in [1.165, 1.54) is 17.5 Å². The Balaban J connectivity index is 0.000000459. The Bertz CT molecular complexity index is 1740. The van der Waals surface area contributed by atoms with Gasteiger partial charge in [0.1, 0.15) is 15.7 Å². The van der Waals surface area contributed by atoms with Crippen molar-refractivity contribution in [1.82, 2.24) is 19.6 Å². The highest BCUT2D eigenvalue weighted by Crippen LogP contribution is 2.29. The summed E-state index contributed by atoms with van der Waals surface area (Å²) in [5.74, 6) is -0.278. The minimum atomic E-state index is -4.58. The third kappa shape index (κ3) is 9.24. The van der Waals surface area contributed by atoms with Crippen molar-refractivity contribution in [2.45, 2.75) is 35.8 Å². The summed E-state index contributed by atoms with van der Waals surface area (Å²) in [6.07, 6.45) is -2.78. The molecule has 0 atom stereocenters. The summed E-state index contributed by atoms with van der Waals surface area (Å²) in [6, 6.07) is 19.1. The molecule has 16 heteroatoms. The van der Waals surface area contributed by atoms with Crippen molar-refractivity contribution >= 4 is 39.1 Å². The smallest absolute Gasteiger partial charge is 0.433 e. The summed E-state index contributed by atoms with van der Waals surface area (Å²) < 4.78 is 71.5. The molecule has 4 N–H and O–H groups in total. The van der Waals surface area contributed by atoms with Gasteiger partial charge in [0.05, 0.1) is 13.7 Å². The number of sulfonamides is 1. The zero-order valence-electron chi connectivity index (χ0n) is 24.5. The lowest BCUT2D eigenvalue weighted by Gasteiger charge is -2.31. The highest BCUT2D eigenvalue weighted by Gasteiger charge is 2.34. The van der Waals surface area contributed by atoms with Gasteiger partial charge in [0.25, 0.3) is 15.9 Å². The van der Waals surface area contributed by atoms with E-state index in [4.69, 9.17) is 10.5 Å². The van der Waals surface area contributed by atoms with E-state index < -0.39 is 21.9 Å². The molecule has 2 aromatic carbocycles. The molecule has 1 aliphatic rings. The molecule has 0 radical (unpaired) electrons. The van der Waals surface area contributed by atoms with E-state index in [1.54, 1.807) is 54.6 Å². The number of aromatic nitrogens is 2. The topological polar surface area (TPSA) is 157 Å². The lowest BCUT2D eigenvalue weighted by molar-refractivity contribution is -0.141. The van der Waals surface area contributed by atoms with Crippen molar-refractivity contribution < 1.29 is 35.9 Å². The van der Waals surface area contributed by atoms with Crippen molar-refractivity contribution in [1.29, 1.82) is 0 Å². The van der Waals surface area contributed by atoms with Crippen LogP contribution in [0.3, 0.4) is 0 Å². The summed E-state index contributed by atoms with van der Waals surface area (Å²) in [4.78, 5) is 30.8. The van der Waals surface area contributed by atoms with E-state index in [-0.39, 0.29) is 47.6 Å². The number of nitrogens with zero attached hydrogens (tertiary/aromatic N) is 3. The van der Waals surface area contributed by atoms with Gasteiger partial charge in [-0.1, -0.05) is 24.3 Å². The van der Waals surface area contributed by atoms with Crippen LogP contribution in [0.5, 0.6) is 5.75 Å². The number of rotatable bonds is 9. The number of benzene rings is 2. The van der Waals surface area contributed by atoms with Gasteiger partial charge in [0.15, 0.2) is 0 Å². The number of anilines is 1. The number of primary amides is 1. The molecule has 1 aliphatic heterocycles. The Morgan fingerprint density at radius 2 is 1.72 bits per heavy atom. The first-order valence-corrected chi connectivity index (χ1v) is 16.1. The number of methoxy groups -OCH3 is 1. The predicted octanol–water partition coefficient (Wildman–Crippen LogP) is 4.55. The molecule has 0 unspecified atom stereocenters. The summed E-state index contributed by atoms with van der Waals surface area (Å²) in [5, 5.41) is 5.64. The van der Waals surface area contributed by atoms with Gasteiger partial charge in [0, 0.05) is 41.3 Å². The number of carbonyl (C=O) groups is 2. The maximum absolute atomic E-state index is 13.1. The monoisotopic (exact) mass is 676 g/mol. The number of hydrogen-bond donors (Lipinski definition) is 3. The number of carbonyl (C=O) groups excluding carboxylic acids is 2. The molecule has 1 saturated heterocycles. The summed E-state index contributed by atoms with van der Waals surface area (Å²) in [5.41, 5.74) is 4.91. The SMILES string of the molecule is COc1cccc(C(=O)NCc2ccc(S(=O)(=O)N3CCC(Nc4nccc(C(F)(F)F)n4)CC3)s2)c1.NC(=O)c1ccccc1. The van der Waals surface area contributed by atoms with Gasteiger partial charge in [-0.05, 0) is 61.4 Å². The van der Waals surface area contributed by atoms with Crippen molar-refractivity contribution in [3.05, 3.63) is 101 Å². The average Bonchev–Trinajstić information content (AvgIpc) is 3.54. The van der Waals surface area contributed by atoms with E-state index in [0.717, 1.165) is 23.6 Å². The van der Waals surface area contributed by atoms with Gasteiger partial charge in [-0.2, -0.15) is 17.5 Å². The fourth-order valence-corrected chi connectivity index (χ4v) is 7.28. The molecule has 244 valence electrons. The van der Waals surface area contributed by atoms with Gasteiger partial charge in [0.2, 0.25) is 11.9 Å². The van der Waals surface area contributed by atoms with Gasteiger partial charge in [-0.3, -0.25) is 9.59 Å². The molecule has 4 aromatic rings. The number of thiophene rings is 1. The van der Waals surface area contributed by atoms with Crippen LogP contribution in [-0.4, -0.2) is 60.7 Å². The van der Waals surface area contributed by atoms with E-state index in [9.17, 15) is 31.2 Å². The van der Waals surface area contributed by atoms with Crippen molar-refractivity contribution in [2.75, 3.05) is 25.5 Å². The predicted molar refractivity (Wildman–Crippen MR) is 166 cm³/mol. The number of hydrogen-bond acceptors (Lipinski definition) is 9. The Morgan fingerprint density at radius 1 is 1.02 bits per heavy atom. The van der Waals surface area contributed by atoms with E-state index in [0.29, 0.717) is 34.6 Å². The molecule has 0 spiro atoms. The highest BCUT2D eigenvalue weighted by atomic mass is 32.2. The number of piperidine rings is 1. The van der Waals surface area contributed by atoms with Crippen LogP contribution in [-0.2, 0) is 22.7 Å². The minimum absolute atomic E-state index is 0.143. The van der Waals surface area contributed by atoms with E-state index in [1.807, 2.05) is 6.07 Å². The molecule has 11 nitrogen and oxygen atoms in total. The first-order chi connectivity index (χ1) is 21.9. The van der Waals surface area contributed by atoms with Crippen molar-refractivity contribution in [3.63, 3.8) is 0 Å². The zero-order valence-corrected chi connectivity index (χ0v) is 26.2. The van der Waals surface area contributed by atoms with Crippen molar-refractivity contribution in [3.8, 4) is 5.75 Å². The average molecular weight is 677 g/mol. The number of halogens is 3. The van der Waals surface area contributed by atoms with Crippen LogP contribution in [0, 0.1) is 0 Å². The van der Waals surface area contributed by atoms with E-state index in [2.05, 4.69) is 20.6 Å². The van der Waals surface area contributed by atoms with Crippen LogP contribution in [0.15, 0.2) is 83.2 Å². The second kappa shape index (κ2) is 15.2. The third-order valence-corrected chi connectivity index (χ3v) is 10.2. The largest absolute Gasteiger partial charge is 0.497 e. The Kier molecular flexibility index (Phi) is 11.3. The van der Waals surface area contributed by atoms with Crippen LogP contribution < -0.4 is 21.1 Å². The molecule has 2 aromatic heterocycles. The Morgan fingerprint density at radius 3 is 2.35 bits per heavy atom. The molecule has 0 aliphatic carbocycles. The second-order valence-corrected chi connectivity index (χ2v) is 13.3. The lowest BCUT2D eigenvalue weighted by Crippen LogP contribution is -2.42. The van der Waals surface area contributed by atoms with Crippen LogP contribution >= 0.6 is 11.3 Å². The van der Waals surface area contributed by atoms with Gasteiger partial charge in [-0.25, -0.2) is 18.4 Å². The molecule has 0 bridgehead atoms. The summed E-state index contributed by atoms with van der Waals surface area (Å²) in [7, 11) is -2.24. The standard InChI is InChI=1S/C23H24F3N5O4S2.C7H7NO/c1-35-17-4-2-3-15(13-17)21(32)28-14-18-5-6-20(36-18)37(33,34)31-11-8-16(9-12-31)29-22-27-10-7-19(30-22)23(24,25)26;8-7(9)6-4-2-1-3-5-6/h2-7,10,13,16H,8-9,11-12,14H2,1H3,(H,28,32)(H,27,29,30);1-5H,(H2,8,9). The van der Waals surface area contributed by atoms with Crippen molar-refractivity contribution in [2.24, 2.45) is 5.73 Å². The number of nitrogens with one attached hydrogen (secondary N) is 2. The quantitative estimate of drug-likeness (QED) is 0.233. The number of nitrogens with two attached hydrogens (primary N) is 1. The molecule has 5 rings (SSSR count). The fraction of sp³-hybridized carbons (Fsp3) is 0.267. The maximum Gasteiger partial charge on any atom is 0.433 e. The normalized spacial score (nSPS) is 14.1. The number of amides is 2. The van der Waals surface area contributed by atoms with Crippen LogP contribution in [0.4, 0.5) is 19.1 Å². The lowest BCUT2D eigenvalue weighted by atomic mass is 10.1. The summed E-state index contributed by atoms with van der Waals surface area (Å²) >= 11 is 1.07. The minimum Gasteiger partial charge on any atom is -0.497 e. The molecule has 2 amide bonds. The zero-order chi connectivity index (χ0) is 33.3. The van der Waals surface area contributed by atoms with Gasteiger partial charge >= 0.3 is 6.18 Å². The van der Waals surface area contributed by atoms with E-state index >= 15 is 0 Å². The molecule has 1 fully saturated rings. The van der Waals surface area contributed by atoms with Crippen LogP contribution in [0.1, 0.15) is 44.1 Å². The fourth-order valence-electron chi connectivity index (χ4n) is 4.36. The molecular weight excluding hydrogens is 645 g/mol. The van der Waals surface area contributed by atoms with Crippen LogP contribution in [0.2, 0.25) is 0 Å². The Labute approximate surface area is 267 Å². The first kappa shape index (κ1) is 34.3. The Hall–Kier alpha value is -4.54. The number of ether oxygens (including phenoxy) is 1.